The molecule has 1 rings (SSSR count). The second kappa shape index (κ2) is 6.35. The van der Waals surface area contributed by atoms with E-state index in [1.807, 2.05) is 32.0 Å². The van der Waals surface area contributed by atoms with E-state index in [0.29, 0.717) is 23.5 Å². The molecule has 0 unspecified atom stereocenters. The van der Waals surface area contributed by atoms with E-state index in [1.165, 1.54) is 5.56 Å². The fourth-order valence-electron chi connectivity index (χ4n) is 1.45. The topological polar surface area (TPSA) is 55.1 Å². The second-order valence-corrected chi connectivity index (χ2v) is 4.65. The molecule has 1 aromatic rings. The predicted octanol–water partition coefficient (Wildman–Crippen LogP) is 2.10. The lowest BCUT2D eigenvalue weighted by atomic mass is 10.1. The highest BCUT2D eigenvalue weighted by Crippen LogP contribution is 2.09. The van der Waals surface area contributed by atoms with Crippen LogP contribution in [0.5, 0.6) is 0 Å². The number of rotatable bonds is 5. The molecular weight excluding hydrogens is 232 g/mol. The molecule has 0 saturated carbocycles. The average molecular weight is 250 g/mol. The summed E-state index contributed by atoms with van der Waals surface area (Å²) in [7, 11) is 0. The first-order valence-electron chi connectivity index (χ1n) is 5.64. The molecule has 0 aliphatic heterocycles. The molecular formula is C13H18N2OS. The zero-order valence-electron chi connectivity index (χ0n) is 10.2. The quantitative estimate of drug-likeness (QED) is 0.621. The van der Waals surface area contributed by atoms with E-state index >= 15 is 0 Å². The number of nitrogens with one attached hydrogen (secondary N) is 1. The molecule has 0 atom stereocenters. The molecule has 0 fully saturated rings. The summed E-state index contributed by atoms with van der Waals surface area (Å²) in [5, 5.41) is 2.85. The summed E-state index contributed by atoms with van der Waals surface area (Å²) in [5.74, 6) is -0.0453. The van der Waals surface area contributed by atoms with Gasteiger partial charge >= 0.3 is 0 Å². The van der Waals surface area contributed by atoms with E-state index < -0.39 is 0 Å². The fraction of sp³-hybridized carbons (Fsp3) is 0.385. The Hall–Kier alpha value is -1.42. The predicted molar refractivity (Wildman–Crippen MR) is 74.3 cm³/mol. The van der Waals surface area contributed by atoms with Crippen LogP contribution in [0.25, 0.3) is 0 Å². The molecule has 92 valence electrons. The lowest BCUT2D eigenvalue weighted by Crippen LogP contribution is -2.25. The molecule has 3 N–H and O–H groups in total. The van der Waals surface area contributed by atoms with Crippen molar-refractivity contribution in [3.05, 3.63) is 34.9 Å². The summed E-state index contributed by atoms with van der Waals surface area (Å²) in [6, 6.07) is 5.70. The van der Waals surface area contributed by atoms with E-state index in [0.717, 1.165) is 12.0 Å². The molecule has 0 spiro atoms. The van der Waals surface area contributed by atoms with E-state index in [2.05, 4.69) is 5.32 Å². The Kier molecular flexibility index (Phi) is 5.10. The zero-order chi connectivity index (χ0) is 12.8. The summed E-state index contributed by atoms with van der Waals surface area (Å²) in [4.78, 5) is 12.3. The van der Waals surface area contributed by atoms with E-state index in [4.69, 9.17) is 18.0 Å². The van der Waals surface area contributed by atoms with E-state index in [9.17, 15) is 4.79 Å². The summed E-state index contributed by atoms with van der Waals surface area (Å²) in [6.07, 6.45) is 1.45. The summed E-state index contributed by atoms with van der Waals surface area (Å²) in [6.45, 7) is 4.63. The Morgan fingerprint density at radius 2 is 2.06 bits per heavy atom. The number of nitrogens with two attached hydrogens (primary N) is 1. The molecule has 17 heavy (non-hydrogen) atoms. The molecule has 0 aliphatic rings. The number of hydrogen-bond acceptors (Lipinski definition) is 2. The minimum absolute atomic E-state index is 0.0453. The summed E-state index contributed by atoms with van der Waals surface area (Å²) in [5.41, 5.74) is 8.39. The summed E-state index contributed by atoms with van der Waals surface area (Å²) >= 11 is 4.76. The van der Waals surface area contributed by atoms with Gasteiger partial charge in [-0.05, 0) is 49.9 Å². The van der Waals surface area contributed by atoms with Crippen molar-refractivity contribution in [2.75, 3.05) is 6.54 Å². The van der Waals surface area contributed by atoms with Crippen LogP contribution in [0.1, 0.15) is 34.3 Å². The van der Waals surface area contributed by atoms with Gasteiger partial charge in [0, 0.05) is 12.1 Å². The van der Waals surface area contributed by atoms with Crippen LogP contribution in [0.3, 0.4) is 0 Å². The largest absolute Gasteiger partial charge is 0.393 e. The van der Waals surface area contributed by atoms with Gasteiger partial charge in [-0.3, -0.25) is 4.79 Å². The van der Waals surface area contributed by atoms with Gasteiger partial charge in [0.1, 0.15) is 0 Å². The van der Waals surface area contributed by atoms with Gasteiger partial charge in [-0.1, -0.05) is 18.3 Å². The number of amides is 1. The number of carbonyl (C=O) groups excluding carboxylic acids is 1. The standard InChI is InChI=1S/C13H18N2OS/c1-9-5-6-11(8-10(9)2)13(16)15-7-3-4-12(14)17/h5-6,8H,3-4,7H2,1-2H3,(H2,14,17)(H,15,16). The van der Waals surface area contributed by atoms with Crippen LogP contribution in [0.4, 0.5) is 0 Å². The first-order chi connectivity index (χ1) is 8.00. The third kappa shape index (κ3) is 4.53. The number of benzene rings is 1. The van der Waals surface area contributed by atoms with Crippen LogP contribution in [0.15, 0.2) is 18.2 Å². The van der Waals surface area contributed by atoms with Crippen molar-refractivity contribution < 1.29 is 4.79 Å². The van der Waals surface area contributed by atoms with Crippen molar-refractivity contribution in [2.45, 2.75) is 26.7 Å². The van der Waals surface area contributed by atoms with Crippen LogP contribution >= 0.6 is 12.2 Å². The smallest absolute Gasteiger partial charge is 0.251 e. The van der Waals surface area contributed by atoms with Crippen molar-refractivity contribution >= 4 is 23.1 Å². The van der Waals surface area contributed by atoms with Gasteiger partial charge in [0.05, 0.1) is 4.99 Å². The molecule has 0 aliphatic carbocycles. The van der Waals surface area contributed by atoms with Gasteiger partial charge in [0.15, 0.2) is 0 Å². The molecule has 3 nitrogen and oxygen atoms in total. The summed E-state index contributed by atoms with van der Waals surface area (Å²) < 4.78 is 0. The SMILES string of the molecule is Cc1ccc(C(=O)NCCCC(N)=S)cc1C. The van der Waals surface area contributed by atoms with Gasteiger partial charge in [-0.2, -0.15) is 0 Å². The molecule has 0 radical (unpaired) electrons. The van der Waals surface area contributed by atoms with Crippen molar-refractivity contribution in [1.82, 2.24) is 5.32 Å². The van der Waals surface area contributed by atoms with Crippen molar-refractivity contribution in [1.29, 1.82) is 0 Å². The van der Waals surface area contributed by atoms with E-state index in [1.54, 1.807) is 0 Å². The van der Waals surface area contributed by atoms with Crippen LogP contribution in [0.2, 0.25) is 0 Å². The van der Waals surface area contributed by atoms with Crippen molar-refractivity contribution in [3.8, 4) is 0 Å². The molecule has 0 bridgehead atoms. The van der Waals surface area contributed by atoms with Gasteiger partial charge in [-0.15, -0.1) is 0 Å². The minimum atomic E-state index is -0.0453. The number of carbonyl (C=O) groups is 1. The number of hydrogen-bond donors (Lipinski definition) is 2. The molecule has 1 amide bonds. The highest BCUT2D eigenvalue weighted by Gasteiger charge is 2.05. The highest BCUT2D eigenvalue weighted by molar-refractivity contribution is 7.80. The maximum Gasteiger partial charge on any atom is 0.251 e. The monoisotopic (exact) mass is 250 g/mol. The van der Waals surface area contributed by atoms with Crippen molar-refractivity contribution in [2.24, 2.45) is 5.73 Å². The Bertz CT molecular complexity index is 429. The maximum atomic E-state index is 11.8. The molecule has 4 heteroatoms. The van der Waals surface area contributed by atoms with Crippen LogP contribution < -0.4 is 11.1 Å². The third-order valence-electron chi connectivity index (χ3n) is 2.65. The fourth-order valence-corrected chi connectivity index (χ4v) is 1.59. The van der Waals surface area contributed by atoms with Crippen LogP contribution in [-0.4, -0.2) is 17.4 Å². The Labute approximate surface area is 107 Å². The zero-order valence-corrected chi connectivity index (χ0v) is 11.1. The first kappa shape index (κ1) is 13.6. The van der Waals surface area contributed by atoms with Crippen LogP contribution in [0, 0.1) is 13.8 Å². The third-order valence-corrected chi connectivity index (χ3v) is 2.86. The Morgan fingerprint density at radius 3 is 2.65 bits per heavy atom. The second-order valence-electron chi connectivity index (χ2n) is 4.12. The lowest BCUT2D eigenvalue weighted by Gasteiger charge is -2.06. The van der Waals surface area contributed by atoms with Gasteiger partial charge in [0.2, 0.25) is 0 Å². The van der Waals surface area contributed by atoms with Gasteiger partial charge in [-0.25, -0.2) is 0 Å². The number of aryl methyl sites for hydroxylation is 2. The van der Waals surface area contributed by atoms with Gasteiger partial charge < -0.3 is 11.1 Å². The number of thiocarbonyl (C=S) groups is 1. The Morgan fingerprint density at radius 1 is 1.35 bits per heavy atom. The molecule has 0 heterocycles. The minimum Gasteiger partial charge on any atom is -0.393 e. The average Bonchev–Trinajstić information content (AvgIpc) is 2.27. The lowest BCUT2D eigenvalue weighted by molar-refractivity contribution is 0.0953. The first-order valence-corrected chi connectivity index (χ1v) is 6.05. The molecule has 1 aromatic carbocycles. The highest BCUT2D eigenvalue weighted by atomic mass is 32.1. The van der Waals surface area contributed by atoms with E-state index in [-0.39, 0.29) is 5.91 Å². The Balaban J connectivity index is 2.47. The van der Waals surface area contributed by atoms with Crippen LogP contribution in [-0.2, 0) is 0 Å². The van der Waals surface area contributed by atoms with Crippen molar-refractivity contribution in [3.63, 3.8) is 0 Å². The van der Waals surface area contributed by atoms with Gasteiger partial charge in [0.25, 0.3) is 5.91 Å². The normalized spacial score (nSPS) is 10.0. The molecule has 0 aromatic heterocycles. The molecule has 0 saturated heterocycles. The maximum absolute atomic E-state index is 11.8.